The van der Waals surface area contributed by atoms with Gasteiger partial charge in [-0.15, -0.1) is 0 Å². The average Bonchev–Trinajstić information content (AvgIpc) is 2.44. The normalized spacial score (nSPS) is 10.5. The van der Waals surface area contributed by atoms with E-state index < -0.39 is 0 Å². The molecule has 0 atom stereocenters. The first-order valence-electron chi connectivity index (χ1n) is 7.20. The second-order valence-corrected chi connectivity index (χ2v) is 5.38. The molecule has 1 rings (SSSR count). The lowest BCUT2D eigenvalue weighted by molar-refractivity contribution is -0.123. The molecule has 0 aliphatic carbocycles. The number of carbonyl (C=O) groups is 1. The van der Waals surface area contributed by atoms with Crippen molar-refractivity contribution in [2.24, 2.45) is 0 Å². The highest BCUT2D eigenvalue weighted by Gasteiger charge is 2.04. The van der Waals surface area contributed by atoms with Crippen molar-refractivity contribution in [3.05, 3.63) is 42.0 Å². The highest BCUT2D eigenvalue weighted by atomic mass is 16.5. The molecule has 4 heteroatoms. The van der Waals surface area contributed by atoms with E-state index >= 15 is 0 Å². The third kappa shape index (κ3) is 7.51. The predicted octanol–water partition coefficient (Wildman–Crippen LogP) is 2.90. The molecule has 0 aromatic heterocycles. The molecular formula is C17H25NO3. The standard InChI is InChI=1S/C17H25NO3/c1-13(2)11-20-9-8-18-17(19)12-21-16-7-5-6-15(10-16)14(3)4/h5-7,10,14H,1,8-9,11-12H2,2-4H3,(H,18,19). The number of amides is 1. The zero-order valence-electron chi connectivity index (χ0n) is 13.1. The molecule has 0 aliphatic rings. The van der Waals surface area contributed by atoms with Gasteiger partial charge >= 0.3 is 0 Å². The Bertz CT molecular complexity index is 469. The maximum Gasteiger partial charge on any atom is 0.258 e. The minimum Gasteiger partial charge on any atom is -0.484 e. The third-order valence-corrected chi connectivity index (χ3v) is 2.81. The summed E-state index contributed by atoms with van der Waals surface area (Å²) in [5.74, 6) is 1.01. The molecule has 4 nitrogen and oxygen atoms in total. The van der Waals surface area contributed by atoms with E-state index in [0.29, 0.717) is 25.7 Å². The molecule has 0 spiro atoms. The number of ether oxygens (including phenoxy) is 2. The molecular weight excluding hydrogens is 266 g/mol. The summed E-state index contributed by atoms with van der Waals surface area (Å²) in [6, 6.07) is 7.81. The van der Waals surface area contributed by atoms with Gasteiger partial charge in [-0.2, -0.15) is 0 Å². The zero-order chi connectivity index (χ0) is 15.7. The summed E-state index contributed by atoms with van der Waals surface area (Å²) >= 11 is 0. The molecule has 0 saturated carbocycles. The van der Waals surface area contributed by atoms with Crippen molar-refractivity contribution in [1.82, 2.24) is 5.32 Å². The first kappa shape index (κ1) is 17.2. The first-order chi connectivity index (χ1) is 9.99. The Hall–Kier alpha value is -1.81. The lowest BCUT2D eigenvalue weighted by Crippen LogP contribution is -2.31. The van der Waals surface area contributed by atoms with E-state index in [0.717, 1.165) is 11.3 Å². The molecule has 116 valence electrons. The van der Waals surface area contributed by atoms with Crippen LogP contribution in [-0.4, -0.2) is 32.3 Å². The average molecular weight is 291 g/mol. The summed E-state index contributed by atoms with van der Waals surface area (Å²) in [5, 5.41) is 2.75. The number of benzene rings is 1. The lowest BCUT2D eigenvalue weighted by Gasteiger charge is -2.10. The molecule has 0 fully saturated rings. The Morgan fingerprint density at radius 2 is 2.10 bits per heavy atom. The van der Waals surface area contributed by atoms with Crippen molar-refractivity contribution in [3.63, 3.8) is 0 Å². The van der Waals surface area contributed by atoms with Gasteiger partial charge in [-0.3, -0.25) is 4.79 Å². The summed E-state index contributed by atoms with van der Waals surface area (Å²) in [6.45, 7) is 11.4. The van der Waals surface area contributed by atoms with Crippen molar-refractivity contribution in [2.45, 2.75) is 26.7 Å². The number of rotatable bonds is 9. The van der Waals surface area contributed by atoms with Crippen molar-refractivity contribution >= 4 is 5.91 Å². The van der Waals surface area contributed by atoms with Gasteiger partial charge in [-0.05, 0) is 30.5 Å². The van der Waals surface area contributed by atoms with Crippen LogP contribution in [-0.2, 0) is 9.53 Å². The third-order valence-electron chi connectivity index (χ3n) is 2.81. The van der Waals surface area contributed by atoms with Crippen LogP contribution in [0.3, 0.4) is 0 Å². The van der Waals surface area contributed by atoms with Crippen LogP contribution in [0.5, 0.6) is 5.75 Å². The Balaban J connectivity index is 2.23. The van der Waals surface area contributed by atoms with Crippen LogP contribution in [0, 0.1) is 0 Å². The first-order valence-corrected chi connectivity index (χ1v) is 7.20. The maximum atomic E-state index is 11.6. The summed E-state index contributed by atoms with van der Waals surface area (Å²) in [6.07, 6.45) is 0. The quantitative estimate of drug-likeness (QED) is 0.562. The Morgan fingerprint density at radius 1 is 1.33 bits per heavy atom. The fourth-order valence-electron chi connectivity index (χ4n) is 1.67. The van der Waals surface area contributed by atoms with Crippen LogP contribution in [0.15, 0.2) is 36.4 Å². The Morgan fingerprint density at radius 3 is 2.76 bits per heavy atom. The number of hydrogen-bond acceptors (Lipinski definition) is 3. The summed E-state index contributed by atoms with van der Waals surface area (Å²) in [4.78, 5) is 11.6. The number of nitrogens with one attached hydrogen (secondary N) is 1. The Labute approximate surface area is 127 Å². The van der Waals surface area contributed by atoms with E-state index in [-0.39, 0.29) is 12.5 Å². The van der Waals surface area contributed by atoms with Gasteiger partial charge in [0.2, 0.25) is 0 Å². The van der Waals surface area contributed by atoms with E-state index in [9.17, 15) is 4.79 Å². The van der Waals surface area contributed by atoms with E-state index in [4.69, 9.17) is 9.47 Å². The van der Waals surface area contributed by atoms with Crippen molar-refractivity contribution in [3.8, 4) is 5.75 Å². The number of hydrogen-bond donors (Lipinski definition) is 1. The summed E-state index contributed by atoms with van der Waals surface area (Å²) in [7, 11) is 0. The second-order valence-electron chi connectivity index (χ2n) is 5.38. The van der Waals surface area contributed by atoms with Crippen molar-refractivity contribution in [2.75, 3.05) is 26.4 Å². The second kappa shape index (κ2) is 9.19. The van der Waals surface area contributed by atoms with E-state index in [2.05, 4.69) is 31.8 Å². The summed E-state index contributed by atoms with van der Waals surface area (Å²) < 4.78 is 10.8. The molecule has 1 aromatic rings. The van der Waals surface area contributed by atoms with Gasteiger partial charge < -0.3 is 14.8 Å². The van der Waals surface area contributed by atoms with Gasteiger partial charge in [0.1, 0.15) is 5.75 Å². The molecule has 1 amide bonds. The molecule has 0 aliphatic heterocycles. The maximum absolute atomic E-state index is 11.6. The fraction of sp³-hybridized carbons (Fsp3) is 0.471. The fourth-order valence-corrected chi connectivity index (χ4v) is 1.67. The van der Waals surface area contributed by atoms with Crippen LogP contribution in [0.25, 0.3) is 0 Å². The monoisotopic (exact) mass is 291 g/mol. The smallest absolute Gasteiger partial charge is 0.258 e. The van der Waals surface area contributed by atoms with Gasteiger partial charge in [0.15, 0.2) is 6.61 Å². The van der Waals surface area contributed by atoms with E-state index in [1.165, 1.54) is 5.56 Å². The van der Waals surface area contributed by atoms with Gasteiger partial charge in [-0.25, -0.2) is 0 Å². The minimum atomic E-state index is -0.149. The van der Waals surface area contributed by atoms with Gasteiger partial charge in [-0.1, -0.05) is 38.1 Å². The molecule has 0 saturated heterocycles. The van der Waals surface area contributed by atoms with Crippen LogP contribution >= 0.6 is 0 Å². The molecule has 1 N–H and O–H groups in total. The highest BCUT2D eigenvalue weighted by molar-refractivity contribution is 5.77. The zero-order valence-corrected chi connectivity index (χ0v) is 13.1. The molecule has 21 heavy (non-hydrogen) atoms. The minimum absolute atomic E-state index is 0.0159. The lowest BCUT2D eigenvalue weighted by atomic mass is 10.0. The molecule has 0 radical (unpaired) electrons. The van der Waals surface area contributed by atoms with Gasteiger partial charge in [0.05, 0.1) is 13.2 Å². The van der Waals surface area contributed by atoms with Gasteiger partial charge in [0, 0.05) is 6.54 Å². The SMILES string of the molecule is C=C(C)COCCNC(=O)COc1cccc(C(C)C)c1. The van der Waals surface area contributed by atoms with Crippen LogP contribution < -0.4 is 10.1 Å². The molecule has 1 aromatic carbocycles. The molecule has 0 bridgehead atoms. The largest absolute Gasteiger partial charge is 0.484 e. The van der Waals surface area contributed by atoms with Crippen LogP contribution in [0.1, 0.15) is 32.3 Å². The molecule has 0 unspecified atom stereocenters. The van der Waals surface area contributed by atoms with Crippen molar-refractivity contribution < 1.29 is 14.3 Å². The topological polar surface area (TPSA) is 47.6 Å². The van der Waals surface area contributed by atoms with Crippen LogP contribution in [0.4, 0.5) is 0 Å². The highest BCUT2D eigenvalue weighted by Crippen LogP contribution is 2.19. The van der Waals surface area contributed by atoms with Gasteiger partial charge in [0.25, 0.3) is 5.91 Å². The molecule has 0 heterocycles. The Kier molecular flexibility index (Phi) is 7.54. The van der Waals surface area contributed by atoms with E-state index in [1.54, 1.807) is 0 Å². The predicted molar refractivity (Wildman–Crippen MR) is 84.7 cm³/mol. The number of carbonyl (C=O) groups excluding carboxylic acids is 1. The van der Waals surface area contributed by atoms with E-state index in [1.807, 2.05) is 25.1 Å². The van der Waals surface area contributed by atoms with Crippen LogP contribution in [0.2, 0.25) is 0 Å². The van der Waals surface area contributed by atoms with Crippen molar-refractivity contribution in [1.29, 1.82) is 0 Å². The summed E-state index contributed by atoms with van der Waals surface area (Å²) in [5.41, 5.74) is 2.16.